The van der Waals surface area contributed by atoms with Gasteiger partial charge in [0.15, 0.2) is 11.5 Å². The van der Waals surface area contributed by atoms with Crippen molar-refractivity contribution in [2.75, 3.05) is 26.5 Å². The van der Waals surface area contributed by atoms with E-state index in [9.17, 15) is 19.2 Å². The summed E-state index contributed by atoms with van der Waals surface area (Å²) >= 11 is 0. The molecule has 4 amide bonds. The lowest BCUT2D eigenvalue weighted by atomic mass is 9.97. The van der Waals surface area contributed by atoms with Gasteiger partial charge in [0.25, 0.3) is 11.8 Å². The average molecular weight is 429 g/mol. The number of fused-ring (bicyclic) bond motifs is 1. The number of likely N-dealkylation sites (tertiary alicyclic amines) is 1. The maximum absolute atomic E-state index is 12.9. The number of nitrogens with zero attached hydrogens (tertiary/aromatic N) is 2. The first-order chi connectivity index (χ1) is 15.0. The summed E-state index contributed by atoms with van der Waals surface area (Å²) in [5.74, 6) is -0.668. The van der Waals surface area contributed by atoms with E-state index in [1.807, 2.05) is 4.90 Å². The van der Waals surface area contributed by atoms with Crippen molar-refractivity contribution in [3.8, 4) is 11.5 Å². The molecule has 0 bridgehead atoms. The average Bonchev–Trinajstić information content (AvgIpc) is 3.22. The number of amides is 4. The van der Waals surface area contributed by atoms with Crippen molar-refractivity contribution in [3.05, 3.63) is 35.5 Å². The first-order valence-electron chi connectivity index (χ1n) is 10.1. The van der Waals surface area contributed by atoms with E-state index in [2.05, 4.69) is 5.32 Å². The van der Waals surface area contributed by atoms with Crippen molar-refractivity contribution in [3.63, 3.8) is 0 Å². The van der Waals surface area contributed by atoms with Crippen molar-refractivity contribution < 1.29 is 33.4 Å². The summed E-state index contributed by atoms with van der Waals surface area (Å²) in [5, 5.41) is 2.22. The Labute approximate surface area is 178 Å². The summed E-state index contributed by atoms with van der Waals surface area (Å²) in [7, 11) is 0. The maximum Gasteiger partial charge on any atom is 0.331 e. The third kappa shape index (κ3) is 4.32. The largest absolute Gasteiger partial charge is 0.466 e. The molecule has 3 heterocycles. The number of hydrogen-bond donors (Lipinski definition) is 1. The van der Waals surface area contributed by atoms with Gasteiger partial charge in [-0.15, -0.1) is 0 Å². The third-order valence-electron chi connectivity index (χ3n) is 5.42. The number of benzene rings is 1. The maximum atomic E-state index is 12.9. The van der Waals surface area contributed by atoms with Gasteiger partial charge in [-0.3, -0.25) is 24.6 Å². The predicted octanol–water partition coefficient (Wildman–Crippen LogP) is 1.15. The second kappa shape index (κ2) is 8.66. The van der Waals surface area contributed by atoms with Gasteiger partial charge >= 0.3 is 12.0 Å². The van der Waals surface area contributed by atoms with Crippen LogP contribution in [0.15, 0.2) is 30.0 Å². The van der Waals surface area contributed by atoms with Crippen molar-refractivity contribution in [2.24, 2.45) is 5.92 Å². The lowest BCUT2D eigenvalue weighted by Crippen LogP contribution is -2.54. The Morgan fingerprint density at radius 3 is 2.68 bits per heavy atom. The molecular formula is C21H23N3O7. The summed E-state index contributed by atoms with van der Waals surface area (Å²) in [5.41, 5.74) is 0.548. The van der Waals surface area contributed by atoms with Crippen molar-refractivity contribution in [1.82, 2.24) is 15.1 Å². The molecular weight excluding hydrogens is 406 g/mol. The molecule has 4 rings (SSSR count). The van der Waals surface area contributed by atoms with Crippen LogP contribution in [0.2, 0.25) is 0 Å². The highest BCUT2D eigenvalue weighted by Gasteiger charge is 2.37. The van der Waals surface area contributed by atoms with Crippen LogP contribution in [0.3, 0.4) is 0 Å². The molecule has 10 nitrogen and oxygen atoms in total. The number of carbonyl (C=O) groups excluding carboxylic acids is 4. The Hall–Kier alpha value is -3.56. The topological polar surface area (TPSA) is 114 Å². The lowest BCUT2D eigenvalue weighted by Gasteiger charge is -2.32. The number of esters is 1. The monoisotopic (exact) mass is 429 g/mol. The van der Waals surface area contributed by atoms with Crippen LogP contribution in [0.5, 0.6) is 11.5 Å². The van der Waals surface area contributed by atoms with Crippen molar-refractivity contribution >= 4 is 23.8 Å². The van der Waals surface area contributed by atoms with Crippen LogP contribution in [0.4, 0.5) is 4.79 Å². The van der Waals surface area contributed by atoms with Gasteiger partial charge in [-0.2, -0.15) is 0 Å². The molecule has 164 valence electrons. The predicted molar refractivity (Wildman–Crippen MR) is 106 cm³/mol. The lowest BCUT2D eigenvalue weighted by molar-refractivity contribution is -0.149. The smallest absolute Gasteiger partial charge is 0.331 e. The Morgan fingerprint density at radius 1 is 1.19 bits per heavy atom. The molecule has 0 aromatic heterocycles. The number of hydrogen-bond acceptors (Lipinski definition) is 8. The number of carbonyl (C=O) groups is 4. The summed E-state index contributed by atoms with van der Waals surface area (Å²) in [4.78, 5) is 52.2. The molecule has 0 saturated carbocycles. The summed E-state index contributed by atoms with van der Waals surface area (Å²) in [6, 6.07) is 4.36. The Balaban J connectivity index is 1.45. The molecule has 0 spiro atoms. The van der Waals surface area contributed by atoms with Gasteiger partial charge in [0, 0.05) is 19.3 Å². The zero-order chi connectivity index (χ0) is 22.0. The van der Waals surface area contributed by atoms with Crippen LogP contribution >= 0.6 is 0 Å². The van der Waals surface area contributed by atoms with Gasteiger partial charge in [0.05, 0.1) is 19.1 Å². The van der Waals surface area contributed by atoms with Gasteiger partial charge in [0.1, 0.15) is 5.57 Å². The molecule has 0 atom stereocenters. The van der Waals surface area contributed by atoms with E-state index in [0.717, 1.165) is 4.90 Å². The standard InChI is InChI=1S/C21H23N3O7/c1-2-29-20(27)14-5-7-23(8-6-14)11-15-18(25)22-21(28)24(19(15)26)10-13-3-4-16-17(9-13)31-12-30-16/h3-4,9,11,14H,2,5-8,10,12H2,1H3,(H,22,25,28). The number of nitrogens with one attached hydrogen (secondary N) is 1. The van der Waals surface area contributed by atoms with Crippen LogP contribution in [0.1, 0.15) is 25.3 Å². The second-order valence-electron chi connectivity index (χ2n) is 7.44. The number of ether oxygens (including phenoxy) is 3. The Bertz CT molecular complexity index is 950. The molecule has 31 heavy (non-hydrogen) atoms. The van der Waals surface area contributed by atoms with Gasteiger partial charge in [0.2, 0.25) is 6.79 Å². The molecule has 1 aromatic rings. The zero-order valence-electron chi connectivity index (χ0n) is 17.1. The van der Waals surface area contributed by atoms with Gasteiger partial charge < -0.3 is 19.1 Å². The first kappa shape index (κ1) is 20.7. The van der Waals surface area contributed by atoms with E-state index in [1.165, 1.54) is 6.20 Å². The van der Waals surface area contributed by atoms with Crippen LogP contribution in [-0.2, 0) is 25.7 Å². The molecule has 3 aliphatic rings. The molecule has 1 N–H and O–H groups in total. The zero-order valence-corrected chi connectivity index (χ0v) is 17.1. The number of piperidine rings is 1. The van der Waals surface area contributed by atoms with E-state index < -0.39 is 17.8 Å². The van der Waals surface area contributed by atoms with E-state index in [4.69, 9.17) is 14.2 Å². The minimum absolute atomic E-state index is 0.0170. The fourth-order valence-corrected chi connectivity index (χ4v) is 3.75. The number of barbiturate groups is 1. The van der Waals surface area contributed by atoms with Crippen molar-refractivity contribution in [1.29, 1.82) is 0 Å². The van der Waals surface area contributed by atoms with E-state index in [0.29, 0.717) is 49.6 Å². The van der Waals surface area contributed by atoms with E-state index >= 15 is 0 Å². The summed E-state index contributed by atoms with van der Waals surface area (Å²) < 4.78 is 15.7. The minimum atomic E-state index is -0.772. The first-order valence-corrected chi connectivity index (χ1v) is 10.1. The Morgan fingerprint density at radius 2 is 1.94 bits per heavy atom. The molecule has 3 aliphatic heterocycles. The van der Waals surface area contributed by atoms with E-state index in [1.54, 1.807) is 25.1 Å². The highest BCUT2D eigenvalue weighted by molar-refractivity contribution is 6.28. The van der Waals surface area contributed by atoms with Crippen molar-refractivity contribution in [2.45, 2.75) is 26.3 Å². The second-order valence-corrected chi connectivity index (χ2v) is 7.44. The molecule has 0 aliphatic carbocycles. The van der Waals surface area contributed by atoms with Crippen LogP contribution in [0.25, 0.3) is 0 Å². The molecule has 1 aromatic carbocycles. The quantitative estimate of drug-likeness (QED) is 0.421. The Kier molecular flexibility index (Phi) is 5.79. The third-order valence-corrected chi connectivity index (χ3v) is 5.42. The summed E-state index contributed by atoms with van der Waals surface area (Å²) in [6.45, 7) is 3.21. The summed E-state index contributed by atoms with van der Waals surface area (Å²) in [6.07, 6.45) is 2.61. The number of imide groups is 2. The highest BCUT2D eigenvalue weighted by Crippen LogP contribution is 2.33. The molecule has 0 unspecified atom stereocenters. The van der Waals surface area contributed by atoms with E-state index in [-0.39, 0.29) is 30.8 Å². The van der Waals surface area contributed by atoms with Gasteiger partial charge in [-0.1, -0.05) is 6.07 Å². The van der Waals surface area contributed by atoms with Crippen LogP contribution in [-0.4, -0.2) is 60.1 Å². The number of rotatable bonds is 5. The fourth-order valence-electron chi connectivity index (χ4n) is 3.75. The number of urea groups is 1. The van der Waals surface area contributed by atoms with Crippen LogP contribution in [0, 0.1) is 5.92 Å². The van der Waals surface area contributed by atoms with Crippen LogP contribution < -0.4 is 14.8 Å². The SMILES string of the molecule is CCOC(=O)C1CCN(C=C2C(=O)NC(=O)N(Cc3ccc4c(c3)OCO4)C2=O)CC1. The molecule has 2 fully saturated rings. The van der Waals surface area contributed by atoms with Gasteiger partial charge in [-0.25, -0.2) is 4.79 Å². The van der Waals surface area contributed by atoms with Gasteiger partial charge in [-0.05, 0) is 37.5 Å². The normalized spacial score (nSPS) is 20.3. The molecule has 2 saturated heterocycles. The minimum Gasteiger partial charge on any atom is -0.466 e. The highest BCUT2D eigenvalue weighted by atomic mass is 16.7. The molecule has 0 radical (unpaired) electrons. The fraction of sp³-hybridized carbons (Fsp3) is 0.429. The molecule has 10 heteroatoms.